The fraction of sp³-hybridized carbons (Fsp3) is 0.545. The Morgan fingerprint density at radius 2 is 1.71 bits per heavy atom. The molecular formula is C22H24F2N2O2. The van der Waals surface area contributed by atoms with Gasteiger partial charge in [0.2, 0.25) is 5.91 Å². The number of aromatic nitrogens is 1. The summed E-state index contributed by atoms with van der Waals surface area (Å²) in [5.74, 6) is 2.01. The van der Waals surface area contributed by atoms with Crippen LogP contribution in [-0.4, -0.2) is 16.9 Å². The molecule has 6 heteroatoms. The van der Waals surface area contributed by atoms with E-state index in [0.717, 1.165) is 11.8 Å². The van der Waals surface area contributed by atoms with Crippen molar-refractivity contribution in [2.75, 3.05) is 0 Å². The summed E-state index contributed by atoms with van der Waals surface area (Å²) < 4.78 is 33.2. The number of nitrogens with zero attached hydrogens (tertiary/aromatic N) is 1. The monoisotopic (exact) mass is 386 g/mol. The third-order valence-electron chi connectivity index (χ3n) is 6.88. The van der Waals surface area contributed by atoms with Crippen molar-refractivity contribution in [3.63, 3.8) is 0 Å². The molecule has 0 aliphatic heterocycles. The van der Waals surface area contributed by atoms with E-state index in [2.05, 4.69) is 10.3 Å². The molecule has 1 aromatic carbocycles. The molecule has 1 aromatic heterocycles. The fourth-order valence-electron chi connectivity index (χ4n) is 5.91. The Bertz CT molecular complexity index is 846. The molecule has 1 amide bonds. The third-order valence-corrected chi connectivity index (χ3v) is 6.88. The summed E-state index contributed by atoms with van der Waals surface area (Å²) in [6.07, 6.45) is 8.32. The molecule has 1 N–H and O–H groups in total. The quantitative estimate of drug-likeness (QED) is 0.824. The Balaban J connectivity index is 1.19. The Kier molecular flexibility index (Phi) is 4.44. The van der Waals surface area contributed by atoms with Crippen molar-refractivity contribution in [2.24, 2.45) is 23.7 Å². The van der Waals surface area contributed by atoms with Gasteiger partial charge >= 0.3 is 0 Å². The van der Waals surface area contributed by atoms with Crippen LogP contribution in [0.25, 0.3) is 11.3 Å². The molecule has 148 valence electrons. The van der Waals surface area contributed by atoms with Crippen LogP contribution in [0, 0.1) is 35.3 Å². The van der Waals surface area contributed by atoms with Crippen LogP contribution in [0.5, 0.6) is 0 Å². The molecule has 4 aliphatic rings. The van der Waals surface area contributed by atoms with E-state index in [0.29, 0.717) is 30.2 Å². The molecule has 0 atom stereocenters. The first-order valence-corrected chi connectivity index (χ1v) is 10.2. The first kappa shape index (κ1) is 17.8. The maximum Gasteiger partial charge on any atom is 0.220 e. The number of aryl methyl sites for hydroxylation is 1. The van der Waals surface area contributed by atoms with Crippen LogP contribution in [-0.2, 0) is 11.2 Å². The predicted octanol–water partition coefficient (Wildman–Crippen LogP) is 4.49. The summed E-state index contributed by atoms with van der Waals surface area (Å²) in [6, 6.07) is 3.98. The normalized spacial score (nSPS) is 30.6. The zero-order chi connectivity index (χ0) is 19.3. The minimum Gasteiger partial charge on any atom is -0.441 e. The first-order valence-electron chi connectivity index (χ1n) is 10.2. The highest BCUT2D eigenvalue weighted by molar-refractivity contribution is 5.76. The maximum absolute atomic E-state index is 13.9. The summed E-state index contributed by atoms with van der Waals surface area (Å²) in [7, 11) is 0. The van der Waals surface area contributed by atoms with E-state index in [-0.39, 0.29) is 23.7 Å². The standard InChI is InChI=1S/C22H24F2N2O2/c23-16-2-1-3-17(24)21(16)18-11-25-20(28-18)5-4-19(27)26-22-14-7-12-6-13(9-14)10-15(22)8-12/h1-3,11-15,22H,4-10H2,(H,26,27). The van der Waals surface area contributed by atoms with E-state index in [4.69, 9.17) is 4.42 Å². The van der Waals surface area contributed by atoms with E-state index >= 15 is 0 Å². The molecule has 4 fully saturated rings. The van der Waals surface area contributed by atoms with Gasteiger partial charge in [-0.1, -0.05) is 6.07 Å². The molecule has 4 bridgehead atoms. The van der Waals surface area contributed by atoms with Crippen LogP contribution in [0.3, 0.4) is 0 Å². The topological polar surface area (TPSA) is 55.1 Å². The summed E-state index contributed by atoms with van der Waals surface area (Å²) in [5.41, 5.74) is -0.223. The van der Waals surface area contributed by atoms with Crippen molar-refractivity contribution in [1.82, 2.24) is 10.3 Å². The number of carbonyl (C=O) groups is 1. The number of benzene rings is 1. The summed E-state index contributed by atoms with van der Waals surface area (Å²) in [4.78, 5) is 16.6. The summed E-state index contributed by atoms with van der Waals surface area (Å²) in [5, 5.41) is 3.26. The van der Waals surface area contributed by atoms with Crippen LogP contribution in [0.15, 0.2) is 28.8 Å². The van der Waals surface area contributed by atoms with Crippen LogP contribution in [0.1, 0.15) is 44.4 Å². The Labute approximate surface area is 162 Å². The van der Waals surface area contributed by atoms with Gasteiger partial charge in [0.25, 0.3) is 0 Å². The molecule has 4 saturated carbocycles. The van der Waals surface area contributed by atoms with Crippen molar-refractivity contribution < 1.29 is 18.0 Å². The van der Waals surface area contributed by atoms with Gasteiger partial charge in [0.15, 0.2) is 11.7 Å². The lowest BCUT2D eigenvalue weighted by Crippen LogP contribution is -2.55. The van der Waals surface area contributed by atoms with E-state index in [1.807, 2.05) is 0 Å². The van der Waals surface area contributed by atoms with Crippen molar-refractivity contribution >= 4 is 5.91 Å². The molecule has 0 unspecified atom stereocenters. The van der Waals surface area contributed by atoms with E-state index in [1.54, 1.807) is 0 Å². The van der Waals surface area contributed by atoms with Gasteiger partial charge < -0.3 is 9.73 Å². The van der Waals surface area contributed by atoms with Crippen molar-refractivity contribution in [2.45, 2.75) is 51.0 Å². The lowest BCUT2D eigenvalue weighted by atomic mass is 9.54. The second-order valence-electron chi connectivity index (χ2n) is 8.74. The molecule has 6 rings (SSSR count). The molecule has 0 spiro atoms. The molecule has 4 nitrogen and oxygen atoms in total. The number of hydrogen-bond donors (Lipinski definition) is 1. The number of carbonyl (C=O) groups excluding carboxylic acids is 1. The largest absolute Gasteiger partial charge is 0.441 e. The van der Waals surface area contributed by atoms with Crippen molar-refractivity contribution in [3.8, 4) is 11.3 Å². The molecule has 4 aliphatic carbocycles. The average molecular weight is 386 g/mol. The minimum atomic E-state index is -0.692. The Morgan fingerprint density at radius 1 is 1.07 bits per heavy atom. The number of oxazole rings is 1. The smallest absolute Gasteiger partial charge is 0.220 e. The highest BCUT2D eigenvalue weighted by Crippen LogP contribution is 2.53. The molecule has 1 heterocycles. The molecule has 2 aromatic rings. The lowest BCUT2D eigenvalue weighted by Gasteiger charge is -2.54. The summed E-state index contributed by atoms with van der Waals surface area (Å²) in [6.45, 7) is 0. The number of hydrogen-bond acceptors (Lipinski definition) is 3. The molecule has 0 radical (unpaired) electrons. The van der Waals surface area contributed by atoms with Gasteiger partial charge in [-0.15, -0.1) is 0 Å². The lowest BCUT2D eigenvalue weighted by molar-refractivity contribution is -0.125. The molecular weight excluding hydrogens is 362 g/mol. The second-order valence-corrected chi connectivity index (χ2v) is 8.74. The number of nitrogens with one attached hydrogen (secondary N) is 1. The molecule has 28 heavy (non-hydrogen) atoms. The minimum absolute atomic E-state index is 0.00861. The third kappa shape index (κ3) is 3.23. The van der Waals surface area contributed by atoms with Gasteiger partial charge in [-0.25, -0.2) is 13.8 Å². The maximum atomic E-state index is 13.9. The number of halogens is 2. The highest BCUT2D eigenvalue weighted by Gasteiger charge is 2.48. The van der Waals surface area contributed by atoms with E-state index in [9.17, 15) is 13.6 Å². The van der Waals surface area contributed by atoms with Gasteiger partial charge in [0, 0.05) is 18.9 Å². The van der Waals surface area contributed by atoms with E-state index < -0.39 is 11.6 Å². The van der Waals surface area contributed by atoms with Gasteiger partial charge in [0.05, 0.1) is 11.8 Å². The highest BCUT2D eigenvalue weighted by atomic mass is 19.1. The number of amides is 1. The fourth-order valence-corrected chi connectivity index (χ4v) is 5.91. The first-order chi connectivity index (χ1) is 13.6. The van der Waals surface area contributed by atoms with Crippen LogP contribution < -0.4 is 5.32 Å². The van der Waals surface area contributed by atoms with Crippen LogP contribution in [0.4, 0.5) is 8.78 Å². The molecule has 0 saturated heterocycles. The average Bonchev–Trinajstić information content (AvgIpc) is 3.11. The predicted molar refractivity (Wildman–Crippen MR) is 99.2 cm³/mol. The van der Waals surface area contributed by atoms with Gasteiger partial charge in [-0.05, 0) is 67.9 Å². The second kappa shape index (κ2) is 6.98. The van der Waals surface area contributed by atoms with Crippen molar-refractivity contribution in [3.05, 3.63) is 41.9 Å². The zero-order valence-electron chi connectivity index (χ0n) is 15.7. The van der Waals surface area contributed by atoms with Gasteiger partial charge in [-0.3, -0.25) is 4.79 Å². The number of rotatable bonds is 5. The van der Waals surface area contributed by atoms with Crippen molar-refractivity contribution in [1.29, 1.82) is 0 Å². The Hall–Kier alpha value is -2.24. The van der Waals surface area contributed by atoms with Gasteiger partial charge in [-0.2, -0.15) is 0 Å². The summed E-state index contributed by atoms with van der Waals surface area (Å²) >= 11 is 0. The Morgan fingerprint density at radius 3 is 2.36 bits per heavy atom. The van der Waals surface area contributed by atoms with Gasteiger partial charge in [0.1, 0.15) is 11.6 Å². The van der Waals surface area contributed by atoms with Crippen LogP contribution in [0.2, 0.25) is 0 Å². The van der Waals surface area contributed by atoms with E-state index in [1.165, 1.54) is 56.5 Å². The van der Waals surface area contributed by atoms with Crippen LogP contribution >= 0.6 is 0 Å². The zero-order valence-corrected chi connectivity index (χ0v) is 15.7. The SMILES string of the molecule is O=C(CCc1ncc(-c2c(F)cccc2F)o1)NC1C2CC3CC(C2)CC1C3.